The maximum Gasteiger partial charge on any atom is 0.270 e. The van der Waals surface area contributed by atoms with E-state index in [9.17, 15) is 13.2 Å². The Bertz CT molecular complexity index is 313. The van der Waals surface area contributed by atoms with Crippen molar-refractivity contribution >= 4 is 0 Å². The van der Waals surface area contributed by atoms with Crippen molar-refractivity contribution in [2.24, 2.45) is 0 Å². The van der Waals surface area contributed by atoms with Crippen molar-refractivity contribution in [1.82, 2.24) is 0 Å². The van der Waals surface area contributed by atoms with Crippen LogP contribution in [0.2, 0.25) is 0 Å². The van der Waals surface area contributed by atoms with Gasteiger partial charge >= 0.3 is 0 Å². The van der Waals surface area contributed by atoms with Crippen molar-refractivity contribution in [3.63, 3.8) is 0 Å². The van der Waals surface area contributed by atoms with E-state index in [4.69, 9.17) is 0 Å². The average molecular weight is 202 g/mol. The number of rotatable bonds is 3. The van der Waals surface area contributed by atoms with Crippen molar-refractivity contribution in [3.8, 4) is 0 Å². The van der Waals surface area contributed by atoms with Crippen LogP contribution in [0.25, 0.3) is 0 Å². The zero-order valence-electron chi connectivity index (χ0n) is 8.28. The van der Waals surface area contributed by atoms with Gasteiger partial charge in [0.2, 0.25) is 0 Å². The second kappa shape index (κ2) is 4.03. The van der Waals surface area contributed by atoms with Gasteiger partial charge in [0.1, 0.15) is 5.82 Å². The molecule has 0 aromatic heterocycles. The third-order valence-corrected chi connectivity index (χ3v) is 2.07. The number of benzene rings is 1. The van der Waals surface area contributed by atoms with Crippen LogP contribution in [-0.4, -0.2) is 0 Å². The van der Waals surface area contributed by atoms with E-state index in [-0.39, 0.29) is 5.56 Å². The van der Waals surface area contributed by atoms with Gasteiger partial charge in [-0.25, -0.2) is 13.2 Å². The highest BCUT2D eigenvalue weighted by Gasteiger charge is 2.24. The van der Waals surface area contributed by atoms with Gasteiger partial charge in [0.05, 0.1) is 0 Å². The highest BCUT2D eigenvalue weighted by molar-refractivity contribution is 5.27. The smallest absolute Gasteiger partial charge is 0.207 e. The minimum absolute atomic E-state index is 0.123. The fraction of sp³-hybridized carbons (Fsp3) is 0.455. The molecule has 0 heterocycles. The molecule has 0 amide bonds. The largest absolute Gasteiger partial charge is 0.270 e. The summed E-state index contributed by atoms with van der Waals surface area (Å²) >= 11 is 0. The van der Waals surface area contributed by atoms with Gasteiger partial charge in [-0.05, 0) is 24.1 Å². The Labute approximate surface area is 81.8 Å². The van der Waals surface area contributed by atoms with E-state index >= 15 is 0 Å². The topological polar surface area (TPSA) is 0 Å². The zero-order valence-corrected chi connectivity index (χ0v) is 8.28. The fourth-order valence-electron chi connectivity index (χ4n) is 1.31. The van der Waals surface area contributed by atoms with Crippen LogP contribution in [0.15, 0.2) is 18.2 Å². The lowest BCUT2D eigenvalue weighted by Crippen LogP contribution is -2.08. The first kappa shape index (κ1) is 11.1. The molecule has 0 nitrogen and oxygen atoms in total. The van der Waals surface area contributed by atoms with E-state index in [1.807, 2.05) is 6.92 Å². The number of aryl methyl sites for hydroxylation is 1. The zero-order chi connectivity index (χ0) is 10.8. The van der Waals surface area contributed by atoms with E-state index in [0.717, 1.165) is 25.5 Å². The van der Waals surface area contributed by atoms with Crippen molar-refractivity contribution in [2.45, 2.75) is 32.6 Å². The van der Waals surface area contributed by atoms with Crippen LogP contribution < -0.4 is 0 Å². The van der Waals surface area contributed by atoms with E-state index < -0.39 is 11.7 Å². The van der Waals surface area contributed by atoms with Gasteiger partial charge in [0.15, 0.2) is 0 Å². The van der Waals surface area contributed by atoms with Crippen molar-refractivity contribution in [2.75, 3.05) is 0 Å². The minimum atomic E-state index is -2.89. The maximum atomic E-state index is 13.1. The molecule has 0 bridgehead atoms. The summed E-state index contributed by atoms with van der Waals surface area (Å²) in [5.74, 6) is -3.30. The van der Waals surface area contributed by atoms with E-state index in [1.165, 1.54) is 6.07 Å². The summed E-state index contributed by atoms with van der Waals surface area (Å²) in [7, 11) is 0. The molecular formula is C11H13F3. The standard InChI is InChI=1S/C11H13F3/c1-3-4-8-7-9(11(2,13)14)5-6-10(8)12/h5-7H,3-4H2,1-2H3. The molecule has 0 saturated carbocycles. The van der Waals surface area contributed by atoms with Crippen LogP contribution in [0, 0.1) is 5.82 Å². The average Bonchev–Trinajstić information content (AvgIpc) is 2.07. The molecule has 0 unspecified atom stereocenters. The Balaban J connectivity index is 3.06. The van der Waals surface area contributed by atoms with Crippen LogP contribution in [-0.2, 0) is 12.3 Å². The third-order valence-electron chi connectivity index (χ3n) is 2.07. The fourth-order valence-corrected chi connectivity index (χ4v) is 1.31. The second-order valence-corrected chi connectivity index (χ2v) is 3.44. The summed E-state index contributed by atoms with van der Waals surface area (Å²) in [6.45, 7) is 2.70. The summed E-state index contributed by atoms with van der Waals surface area (Å²) in [5, 5.41) is 0. The summed E-state index contributed by atoms with van der Waals surface area (Å²) in [4.78, 5) is 0. The van der Waals surface area contributed by atoms with Gasteiger partial charge < -0.3 is 0 Å². The van der Waals surface area contributed by atoms with Crippen molar-refractivity contribution in [3.05, 3.63) is 35.1 Å². The van der Waals surface area contributed by atoms with E-state index in [1.54, 1.807) is 0 Å². The van der Waals surface area contributed by atoms with Crippen molar-refractivity contribution < 1.29 is 13.2 Å². The molecule has 0 spiro atoms. The summed E-state index contributed by atoms with van der Waals surface area (Å²) in [5.41, 5.74) is 0.244. The van der Waals surface area contributed by atoms with Gasteiger partial charge in [-0.3, -0.25) is 0 Å². The molecule has 1 aromatic carbocycles. The van der Waals surface area contributed by atoms with Gasteiger partial charge in [-0.2, -0.15) is 0 Å². The molecule has 0 radical (unpaired) electrons. The molecule has 1 rings (SSSR count). The van der Waals surface area contributed by atoms with Gasteiger partial charge in [-0.15, -0.1) is 0 Å². The molecule has 3 heteroatoms. The lowest BCUT2D eigenvalue weighted by atomic mass is 10.0. The molecule has 0 aliphatic heterocycles. The van der Waals surface area contributed by atoms with Crippen LogP contribution >= 0.6 is 0 Å². The predicted molar refractivity (Wildman–Crippen MR) is 50.0 cm³/mol. The third kappa shape index (κ3) is 2.50. The first-order valence-corrected chi connectivity index (χ1v) is 4.62. The first-order valence-electron chi connectivity index (χ1n) is 4.62. The van der Waals surface area contributed by atoms with Crippen LogP contribution in [0.1, 0.15) is 31.4 Å². The summed E-state index contributed by atoms with van der Waals surface area (Å²) in [6, 6.07) is 3.49. The number of hydrogen-bond donors (Lipinski definition) is 0. The minimum Gasteiger partial charge on any atom is -0.207 e. The van der Waals surface area contributed by atoms with Gasteiger partial charge in [-0.1, -0.05) is 19.4 Å². The number of halogens is 3. The van der Waals surface area contributed by atoms with Crippen molar-refractivity contribution in [1.29, 1.82) is 0 Å². The first-order chi connectivity index (χ1) is 6.45. The molecule has 0 atom stereocenters. The Morgan fingerprint density at radius 3 is 2.43 bits per heavy atom. The highest BCUT2D eigenvalue weighted by Crippen LogP contribution is 2.28. The summed E-state index contributed by atoms with van der Waals surface area (Å²) in [6.07, 6.45) is 1.24. The van der Waals surface area contributed by atoms with Crippen LogP contribution in [0.5, 0.6) is 0 Å². The lowest BCUT2D eigenvalue weighted by molar-refractivity contribution is 0.0173. The molecule has 0 saturated heterocycles. The SMILES string of the molecule is CCCc1cc(C(C)(F)F)ccc1F. The maximum absolute atomic E-state index is 13.1. The monoisotopic (exact) mass is 202 g/mol. The normalized spacial score (nSPS) is 11.8. The molecule has 0 aliphatic carbocycles. The molecular weight excluding hydrogens is 189 g/mol. The second-order valence-electron chi connectivity index (χ2n) is 3.44. The predicted octanol–water partition coefficient (Wildman–Crippen LogP) is 3.89. The van der Waals surface area contributed by atoms with Crippen LogP contribution in [0.4, 0.5) is 13.2 Å². The molecule has 0 aliphatic rings. The molecule has 14 heavy (non-hydrogen) atoms. The quantitative estimate of drug-likeness (QED) is 0.697. The highest BCUT2D eigenvalue weighted by atomic mass is 19.3. The van der Waals surface area contributed by atoms with E-state index in [0.29, 0.717) is 12.0 Å². The molecule has 1 aromatic rings. The van der Waals surface area contributed by atoms with Gasteiger partial charge in [0.25, 0.3) is 5.92 Å². The molecule has 0 N–H and O–H groups in total. The lowest BCUT2D eigenvalue weighted by Gasteiger charge is -2.12. The Hall–Kier alpha value is -0.990. The van der Waals surface area contributed by atoms with Gasteiger partial charge in [0, 0.05) is 12.5 Å². The number of hydrogen-bond acceptors (Lipinski definition) is 0. The number of alkyl halides is 2. The van der Waals surface area contributed by atoms with Crippen LogP contribution in [0.3, 0.4) is 0 Å². The summed E-state index contributed by atoms with van der Waals surface area (Å²) < 4.78 is 38.9. The Morgan fingerprint density at radius 2 is 1.93 bits per heavy atom. The Morgan fingerprint density at radius 1 is 1.29 bits per heavy atom. The van der Waals surface area contributed by atoms with E-state index in [2.05, 4.69) is 0 Å². The molecule has 0 fully saturated rings. The molecule has 78 valence electrons. The Kier molecular flexibility index (Phi) is 3.19.